The summed E-state index contributed by atoms with van der Waals surface area (Å²) in [5.41, 5.74) is 5.81. The SMILES string of the molecule is CCCCC(N)C(=O)CCCCc1ccco1. The lowest BCUT2D eigenvalue weighted by Gasteiger charge is -2.09. The number of nitrogens with two attached hydrogens (primary N) is 1. The fourth-order valence-corrected chi connectivity index (χ4v) is 1.82. The highest BCUT2D eigenvalue weighted by molar-refractivity contribution is 5.83. The summed E-state index contributed by atoms with van der Waals surface area (Å²) in [4.78, 5) is 11.7. The van der Waals surface area contributed by atoms with Crippen LogP contribution in [0.4, 0.5) is 0 Å². The van der Waals surface area contributed by atoms with Crippen LogP contribution in [0.5, 0.6) is 0 Å². The molecule has 1 heterocycles. The first kappa shape index (κ1) is 14.0. The minimum Gasteiger partial charge on any atom is -0.469 e. The molecule has 17 heavy (non-hydrogen) atoms. The summed E-state index contributed by atoms with van der Waals surface area (Å²) in [5, 5.41) is 0. The van der Waals surface area contributed by atoms with E-state index in [1.165, 1.54) is 0 Å². The van der Waals surface area contributed by atoms with Gasteiger partial charge in [0, 0.05) is 12.8 Å². The lowest BCUT2D eigenvalue weighted by molar-refractivity contribution is -0.120. The number of ketones is 1. The van der Waals surface area contributed by atoms with E-state index in [4.69, 9.17) is 10.2 Å². The minimum absolute atomic E-state index is 0.206. The van der Waals surface area contributed by atoms with Crippen LogP contribution < -0.4 is 5.73 Å². The van der Waals surface area contributed by atoms with E-state index in [1.807, 2.05) is 12.1 Å². The van der Waals surface area contributed by atoms with Crippen molar-refractivity contribution in [3.05, 3.63) is 24.2 Å². The van der Waals surface area contributed by atoms with Crippen LogP contribution in [-0.4, -0.2) is 11.8 Å². The van der Waals surface area contributed by atoms with E-state index in [1.54, 1.807) is 6.26 Å². The zero-order valence-electron chi connectivity index (χ0n) is 10.7. The summed E-state index contributed by atoms with van der Waals surface area (Å²) in [6.45, 7) is 2.11. The fourth-order valence-electron chi connectivity index (χ4n) is 1.82. The van der Waals surface area contributed by atoms with Crippen LogP contribution in [0.25, 0.3) is 0 Å². The fraction of sp³-hybridized carbons (Fsp3) is 0.643. The topological polar surface area (TPSA) is 56.2 Å². The second-order valence-electron chi connectivity index (χ2n) is 4.50. The Bertz CT molecular complexity index is 306. The molecule has 1 unspecified atom stereocenters. The van der Waals surface area contributed by atoms with E-state index >= 15 is 0 Å². The Kier molecular flexibility index (Phi) is 6.63. The number of rotatable bonds is 9. The maximum Gasteiger partial charge on any atom is 0.149 e. The van der Waals surface area contributed by atoms with E-state index in [-0.39, 0.29) is 11.8 Å². The lowest BCUT2D eigenvalue weighted by Crippen LogP contribution is -2.30. The zero-order valence-corrected chi connectivity index (χ0v) is 10.7. The van der Waals surface area contributed by atoms with Crippen LogP contribution in [-0.2, 0) is 11.2 Å². The van der Waals surface area contributed by atoms with Gasteiger partial charge in [-0.25, -0.2) is 0 Å². The molecule has 0 amide bonds. The number of aryl methyl sites for hydroxylation is 1. The maximum atomic E-state index is 11.7. The van der Waals surface area contributed by atoms with E-state index in [2.05, 4.69) is 6.92 Å². The number of hydrogen-bond acceptors (Lipinski definition) is 3. The van der Waals surface area contributed by atoms with Gasteiger partial charge in [0.25, 0.3) is 0 Å². The standard InChI is InChI=1S/C14H23NO2/c1-2-3-9-13(15)14(16)10-5-4-7-12-8-6-11-17-12/h6,8,11,13H,2-5,7,9-10,15H2,1H3. The van der Waals surface area contributed by atoms with Crippen LogP contribution in [0, 0.1) is 0 Å². The van der Waals surface area contributed by atoms with Crippen molar-refractivity contribution in [3.63, 3.8) is 0 Å². The average Bonchev–Trinajstić information content (AvgIpc) is 2.84. The van der Waals surface area contributed by atoms with E-state index < -0.39 is 0 Å². The summed E-state index contributed by atoms with van der Waals surface area (Å²) in [5.74, 6) is 1.20. The smallest absolute Gasteiger partial charge is 0.149 e. The normalized spacial score (nSPS) is 12.6. The number of furan rings is 1. The molecule has 1 rings (SSSR count). The van der Waals surface area contributed by atoms with Gasteiger partial charge in [-0.1, -0.05) is 19.8 Å². The second kappa shape index (κ2) is 8.07. The minimum atomic E-state index is -0.251. The Labute approximate surface area is 103 Å². The molecule has 0 aliphatic heterocycles. The molecule has 0 saturated heterocycles. The predicted octanol–water partition coefficient (Wildman–Crippen LogP) is 3.08. The molecule has 0 aromatic carbocycles. The van der Waals surface area contributed by atoms with Crippen molar-refractivity contribution in [2.24, 2.45) is 5.73 Å². The van der Waals surface area contributed by atoms with Crippen molar-refractivity contribution in [1.29, 1.82) is 0 Å². The average molecular weight is 237 g/mol. The van der Waals surface area contributed by atoms with Gasteiger partial charge in [-0.05, 0) is 31.4 Å². The molecule has 2 N–H and O–H groups in total. The largest absolute Gasteiger partial charge is 0.469 e. The first-order valence-corrected chi connectivity index (χ1v) is 6.54. The van der Waals surface area contributed by atoms with Crippen LogP contribution in [0.2, 0.25) is 0 Å². The van der Waals surface area contributed by atoms with Crippen LogP contribution in [0.1, 0.15) is 51.2 Å². The van der Waals surface area contributed by atoms with Gasteiger partial charge >= 0.3 is 0 Å². The Balaban J connectivity index is 2.07. The third-order valence-electron chi connectivity index (χ3n) is 2.96. The van der Waals surface area contributed by atoms with Crippen LogP contribution in [0.15, 0.2) is 22.8 Å². The monoisotopic (exact) mass is 237 g/mol. The molecule has 0 aliphatic rings. The number of carbonyl (C=O) groups is 1. The summed E-state index contributed by atoms with van der Waals surface area (Å²) in [6.07, 6.45) is 8.04. The Morgan fingerprint density at radius 3 is 2.88 bits per heavy atom. The molecule has 0 spiro atoms. The van der Waals surface area contributed by atoms with Gasteiger partial charge in [0.2, 0.25) is 0 Å². The van der Waals surface area contributed by atoms with Crippen molar-refractivity contribution in [2.45, 2.75) is 57.9 Å². The van der Waals surface area contributed by atoms with Gasteiger partial charge in [0.15, 0.2) is 0 Å². The van der Waals surface area contributed by atoms with Gasteiger partial charge in [-0.2, -0.15) is 0 Å². The Morgan fingerprint density at radius 2 is 2.24 bits per heavy atom. The summed E-state index contributed by atoms with van der Waals surface area (Å²) >= 11 is 0. The van der Waals surface area contributed by atoms with Crippen LogP contribution in [0.3, 0.4) is 0 Å². The molecule has 3 heteroatoms. The first-order chi connectivity index (χ1) is 8.24. The maximum absolute atomic E-state index is 11.7. The third-order valence-corrected chi connectivity index (χ3v) is 2.96. The molecule has 96 valence electrons. The molecule has 3 nitrogen and oxygen atoms in total. The van der Waals surface area contributed by atoms with E-state index in [0.29, 0.717) is 6.42 Å². The predicted molar refractivity (Wildman–Crippen MR) is 68.8 cm³/mol. The van der Waals surface area contributed by atoms with Gasteiger partial charge in [-0.15, -0.1) is 0 Å². The van der Waals surface area contributed by atoms with Gasteiger partial charge in [-0.3, -0.25) is 4.79 Å². The third kappa shape index (κ3) is 5.68. The number of hydrogen-bond donors (Lipinski definition) is 1. The van der Waals surface area contributed by atoms with Crippen molar-refractivity contribution < 1.29 is 9.21 Å². The van der Waals surface area contributed by atoms with Crippen LogP contribution >= 0.6 is 0 Å². The van der Waals surface area contributed by atoms with E-state index in [0.717, 1.165) is 44.3 Å². The highest BCUT2D eigenvalue weighted by Crippen LogP contribution is 2.09. The summed E-state index contributed by atoms with van der Waals surface area (Å²) in [6, 6.07) is 3.61. The van der Waals surface area contributed by atoms with E-state index in [9.17, 15) is 4.79 Å². The first-order valence-electron chi connectivity index (χ1n) is 6.54. The molecular weight excluding hydrogens is 214 g/mol. The Hall–Kier alpha value is -1.09. The summed E-state index contributed by atoms with van der Waals surface area (Å²) < 4.78 is 5.23. The molecule has 0 radical (unpaired) electrons. The Morgan fingerprint density at radius 1 is 1.41 bits per heavy atom. The molecule has 0 bridgehead atoms. The van der Waals surface area contributed by atoms with Crippen molar-refractivity contribution in [3.8, 4) is 0 Å². The van der Waals surface area contributed by atoms with Crippen molar-refractivity contribution in [1.82, 2.24) is 0 Å². The van der Waals surface area contributed by atoms with Crippen molar-refractivity contribution >= 4 is 5.78 Å². The number of carbonyl (C=O) groups excluding carboxylic acids is 1. The second-order valence-corrected chi connectivity index (χ2v) is 4.50. The molecular formula is C14H23NO2. The van der Waals surface area contributed by atoms with Crippen molar-refractivity contribution in [2.75, 3.05) is 0 Å². The summed E-state index contributed by atoms with van der Waals surface area (Å²) in [7, 11) is 0. The number of unbranched alkanes of at least 4 members (excludes halogenated alkanes) is 2. The molecule has 0 aliphatic carbocycles. The molecule has 0 saturated carbocycles. The highest BCUT2D eigenvalue weighted by Gasteiger charge is 2.11. The highest BCUT2D eigenvalue weighted by atomic mass is 16.3. The quantitative estimate of drug-likeness (QED) is 0.671. The van der Waals surface area contributed by atoms with Gasteiger partial charge < -0.3 is 10.2 Å². The van der Waals surface area contributed by atoms with Gasteiger partial charge in [0.1, 0.15) is 11.5 Å². The molecule has 0 fully saturated rings. The lowest BCUT2D eigenvalue weighted by atomic mass is 10.0. The molecule has 1 atom stereocenters. The number of Topliss-reactive ketones (excluding diaryl/α,β-unsaturated/α-hetero) is 1. The molecule has 1 aromatic rings. The molecule has 1 aromatic heterocycles. The zero-order chi connectivity index (χ0) is 12.5. The van der Waals surface area contributed by atoms with Gasteiger partial charge in [0.05, 0.1) is 12.3 Å².